The Labute approximate surface area is 220 Å². The highest BCUT2D eigenvalue weighted by molar-refractivity contribution is 5.90. The summed E-state index contributed by atoms with van der Waals surface area (Å²) in [5.41, 5.74) is 1.39. The van der Waals surface area contributed by atoms with Crippen molar-refractivity contribution in [2.45, 2.75) is 57.4 Å². The van der Waals surface area contributed by atoms with Crippen LogP contribution in [-0.4, -0.2) is 97.4 Å². The van der Waals surface area contributed by atoms with Gasteiger partial charge in [-0.2, -0.15) is 0 Å². The quantitative estimate of drug-likeness (QED) is 0.379. The average molecular weight is 514 g/mol. The number of nitrogens with one attached hydrogen (secondary N) is 1. The molecule has 1 aromatic rings. The summed E-state index contributed by atoms with van der Waals surface area (Å²) in [6.07, 6.45) is 11.0. The number of piperidine rings is 2. The van der Waals surface area contributed by atoms with Crippen LogP contribution in [-0.2, 0) is 19.1 Å². The lowest BCUT2D eigenvalue weighted by Crippen LogP contribution is -2.47. The molecule has 0 aromatic carbocycles. The third kappa shape index (κ3) is 7.08. The van der Waals surface area contributed by atoms with Gasteiger partial charge in [-0.3, -0.25) is 19.4 Å². The molecule has 3 saturated heterocycles. The lowest BCUT2D eigenvalue weighted by molar-refractivity contribution is -0.140. The van der Waals surface area contributed by atoms with E-state index in [4.69, 9.17) is 4.74 Å². The summed E-state index contributed by atoms with van der Waals surface area (Å²) in [6, 6.07) is 3.53. The van der Waals surface area contributed by atoms with Crippen LogP contribution in [0.3, 0.4) is 0 Å². The predicted molar refractivity (Wildman–Crippen MR) is 141 cm³/mol. The van der Waals surface area contributed by atoms with Crippen molar-refractivity contribution in [2.75, 3.05) is 60.0 Å². The van der Waals surface area contributed by atoms with Crippen LogP contribution in [0, 0.1) is 11.3 Å². The maximum atomic E-state index is 13.0. The normalized spacial score (nSPS) is 24.4. The molecule has 204 valence electrons. The van der Waals surface area contributed by atoms with Gasteiger partial charge in [0.15, 0.2) is 0 Å². The Hall–Kier alpha value is -2.52. The van der Waals surface area contributed by atoms with Gasteiger partial charge in [0.2, 0.25) is 11.8 Å². The fraction of sp³-hybridized carbons (Fsp3) is 0.714. The number of rotatable bonds is 10. The number of esters is 1. The van der Waals surface area contributed by atoms with E-state index in [2.05, 4.69) is 20.1 Å². The summed E-state index contributed by atoms with van der Waals surface area (Å²) in [7, 11) is 3.22. The first-order valence-electron chi connectivity index (χ1n) is 13.9. The number of ether oxygens (including phenoxy) is 1. The van der Waals surface area contributed by atoms with Crippen molar-refractivity contribution in [1.29, 1.82) is 0 Å². The minimum Gasteiger partial charge on any atom is -0.469 e. The summed E-state index contributed by atoms with van der Waals surface area (Å²) in [5.74, 6) is -0.524. The van der Waals surface area contributed by atoms with Crippen LogP contribution >= 0.6 is 0 Å². The van der Waals surface area contributed by atoms with Gasteiger partial charge in [0.1, 0.15) is 0 Å². The zero-order chi connectivity index (χ0) is 26.3. The van der Waals surface area contributed by atoms with Crippen molar-refractivity contribution < 1.29 is 19.1 Å². The van der Waals surface area contributed by atoms with Crippen LogP contribution < -0.4 is 5.32 Å². The largest absolute Gasteiger partial charge is 0.469 e. The molecule has 3 aliphatic rings. The van der Waals surface area contributed by atoms with Gasteiger partial charge in [-0.15, -0.1) is 0 Å². The van der Waals surface area contributed by atoms with Crippen molar-refractivity contribution >= 4 is 17.8 Å². The first-order valence-corrected chi connectivity index (χ1v) is 13.9. The third-order valence-corrected chi connectivity index (χ3v) is 8.82. The molecule has 0 bridgehead atoms. The van der Waals surface area contributed by atoms with Crippen molar-refractivity contribution in [2.24, 2.45) is 11.3 Å². The van der Waals surface area contributed by atoms with Gasteiger partial charge in [-0.1, -0.05) is 6.07 Å². The molecule has 3 fully saturated rings. The number of carbonyl (C=O) groups excluding carboxylic acids is 3. The third-order valence-electron chi connectivity index (χ3n) is 8.82. The van der Waals surface area contributed by atoms with E-state index < -0.39 is 0 Å². The highest BCUT2D eigenvalue weighted by atomic mass is 16.5. The first kappa shape index (κ1) is 27.5. The molecule has 2 atom stereocenters. The topological polar surface area (TPSA) is 95.1 Å². The van der Waals surface area contributed by atoms with Crippen LogP contribution in [0.15, 0.2) is 24.5 Å². The number of nitrogens with zero attached hydrogens (tertiary/aromatic N) is 4. The Balaban J connectivity index is 1.13. The van der Waals surface area contributed by atoms with E-state index in [1.807, 2.05) is 12.1 Å². The predicted octanol–water partition coefficient (Wildman–Crippen LogP) is 2.24. The number of likely N-dealkylation sites (tertiary alicyclic amines) is 3. The summed E-state index contributed by atoms with van der Waals surface area (Å²) in [5, 5.41) is 3.09. The Morgan fingerprint density at radius 3 is 2.32 bits per heavy atom. The fourth-order valence-electron chi connectivity index (χ4n) is 6.31. The molecular formula is C28H43N5O4. The number of carbonyl (C=O) groups is 3. The molecular weight excluding hydrogens is 470 g/mol. The molecule has 9 nitrogen and oxygen atoms in total. The Kier molecular flexibility index (Phi) is 9.54. The van der Waals surface area contributed by atoms with E-state index in [1.54, 1.807) is 24.3 Å². The molecule has 3 aliphatic heterocycles. The van der Waals surface area contributed by atoms with Gasteiger partial charge in [-0.25, -0.2) is 0 Å². The van der Waals surface area contributed by atoms with Crippen LogP contribution in [0.4, 0.5) is 0 Å². The summed E-state index contributed by atoms with van der Waals surface area (Å²) in [4.78, 5) is 47.5. The van der Waals surface area contributed by atoms with Crippen molar-refractivity contribution in [1.82, 2.24) is 25.0 Å². The van der Waals surface area contributed by atoms with Gasteiger partial charge >= 0.3 is 5.97 Å². The zero-order valence-electron chi connectivity index (χ0n) is 22.5. The molecule has 37 heavy (non-hydrogen) atoms. The highest BCUT2D eigenvalue weighted by Crippen LogP contribution is 2.41. The number of methoxy groups -OCH3 is 1. The Morgan fingerprint density at radius 1 is 1.08 bits per heavy atom. The lowest BCUT2D eigenvalue weighted by atomic mass is 9.71. The van der Waals surface area contributed by atoms with E-state index in [0.29, 0.717) is 18.4 Å². The van der Waals surface area contributed by atoms with Gasteiger partial charge in [0, 0.05) is 38.8 Å². The second-order valence-electron chi connectivity index (χ2n) is 11.1. The number of aromatic nitrogens is 1. The second-order valence-corrected chi connectivity index (χ2v) is 11.1. The molecule has 0 unspecified atom stereocenters. The Bertz CT molecular complexity index is 908. The number of hydrogen-bond acceptors (Lipinski definition) is 7. The van der Waals surface area contributed by atoms with E-state index in [1.165, 1.54) is 32.8 Å². The fourth-order valence-corrected chi connectivity index (χ4v) is 6.31. The first-order chi connectivity index (χ1) is 17.9. The summed E-state index contributed by atoms with van der Waals surface area (Å²) < 4.78 is 4.74. The van der Waals surface area contributed by atoms with Crippen LogP contribution in [0.5, 0.6) is 0 Å². The molecule has 1 spiro atoms. The van der Waals surface area contributed by atoms with Gasteiger partial charge in [0.25, 0.3) is 0 Å². The number of hydrogen-bond donors (Lipinski definition) is 1. The number of amides is 2. The van der Waals surface area contributed by atoms with Crippen molar-refractivity contribution in [3.05, 3.63) is 30.1 Å². The van der Waals surface area contributed by atoms with Gasteiger partial charge < -0.3 is 24.8 Å². The van der Waals surface area contributed by atoms with Crippen molar-refractivity contribution in [3.8, 4) is 0 Å². The Morgan fingerprint density at radius 2 is 1.73 bits per heavy atom. The molecule has 0 radical (unpaired) electrons. The minimum atomic E-state index is -0.372. The number of pyridine rings is 1. The average Bonchev–Trinajstić information content (AvgIpc) is 3.23. The minimum absolute atomic E-state index is 0.00303. The summed E-state index contributed by atoms with van der Waals surface area (Å²) >= 11 is 0. The molecule has 4 heterocycles. The van der Waals surface area contributed by atoms with Crippen LogP contribution in [0.25, 0.3) is 0 Å². The molecule has 9 heteroatoms. The smallest absolute Gasteiger partial charge is 0.305 e. The highest BCUT2D eigenvalue weighted by Gasteiger charge is 2.42. The zero-order valence-corrected chi connectivity index (χ0v) is 22.5. The van der Waals surface area contributed by atoms with Gasteiger partial charge in [0.05, 0.1) is 19.1 Å². The molecule has 4 rings (SSSR count). The van der Waals surface area contributed by atoms with E-state index in [-0.39, 0.29) is 36.2 Å². The monoisotopic (exact) mass is 513 g/mol. The molecule has 2 amide bonds. The van der Waals surface area contributed by atoms with E-state index in [9.17, 15) is 14.4 Å². The molecule has 1 aromatic heterocycles. The lowest BCUT2D eigenvalue weighted by Gasteiger charge is -2.47. The van der Waals surface area contributed by atoms with Crippen LogP contribution in [0.1, 0.15) is 63.0 Å². The van der Waals surface area contributed by atoms with E-state index >= 15 is 0 Å². The molecule has 0 saturated carbocycles. The summed E-state index contributed by atoms with van der Waals surface area (Å²) in [6.45, 7) is 7.12. The standard InChI is InChI=1S/C28H43N5O4/c1-31-24(34)20-23(26(31)22-6-3-12-29-21-22)27(36)30-13-5-15-33-18-10-28(11-19-33)8-16-32(17-9-28)14-4-7-25(35)37-2/h3,6,12,21,23,26H,4-5,7-11,13-20H2,1-2H3,(H,30,36)/t23-,26+/m0/s1. The maximum absolute atomic E-state index is 13.0. The van der Waals surface area contributed by atoms with E-state index in [0.717, 1.165) is 57.7 Å². The van der Waals surface area contributed by atoms with Crippen LogP contribution in [0.2, 0.25) is 0 Å². The second kappa shape index (κ2) is 12.8. The molecule has 0 aliphatic carbocycles. The van der Waals surface area contributed by atoms with Gasteiger partial charge in [-0.05, 0) is 94.8 Å². The van der Waals surface area contributed by atoms with Crippen molar-refractivity contribution in [3.63, 3.8) is 0 Å². The molecule has 1 N–H and O–H groups in total. The SMILES string of the molecule is COC(=O)CCCN1CCC2(CCN(CCCNC(=O)[C@H]3CC(=O)N(C)[C@@H]3c3cccnc3)CC2)CC1. The maximum Gasteiger partial charge on any atom is 0.305 e.